The molecule has 50 valence electrons. The first-order chi connectivity index (χ1) is 3.56. The first-order valence-electron chi connectivity index (χ1n) is 2.87. The monoisotopic (exact) mass is 181 g/mol. The fraction of sp³-hybridized carbons (Fsp3) is 1.00. The summed E-state index contributed by atoms with van der Waals surface area (Å²) in [6.07, 6.45) is 2.09. The van der Waals surface area contributed by atoms with Crippen molar-refractivity contribution in [2.75, 3.05) is 5.33 Å². The fourth-order valence-electron chi connectivity index (χ4n) is 0.509. The van der Waals surface area contributed by atoms with Gasteiger partial charge in [0.15, 0.2) is 5.60 Å². The van der Waals surface area contributed by atoms with Crippen LogP contribution >= 0.6 is 15.9 Å². The Kier molecular flexibility index (Phi) is 3.65. The van der Waals surface area contributed by atoms with E-state index in [2.05, 4.69) is 15.9 Å². The maximum absolute atomic E-state index is 7.41. The molecule has 0 heterocycles. The van der Waals surface area contributed by atoms with Crippen molar-refractivity contribution >= 4 is 15.9 Å². The average molecular weight is 182 g/mol. The molecular weight excluding hydrogens is 168 g/mol. The second-order valence-corrected chi connectivity index (χ2v) is 3.47. The first kappa shape index (κ1) is 8.44. The van der Waals surface area contributed by atoms with Crippen LogP contribution in [0.3, 0.4) is 0 Å². The molecular formula is C6H14BrO+. The Labute approximate surface area is 59.2 Å². The van der Waals surface area contributed by atoms with E-state index in [0.717, 1.165) is 18.2 Å². The number of halogens is 1. The number of alkyl halides is 1. The molecule has 0 radical (unpaired) electrons. The van der Waals surface area contributed by atoms with E-state index < -0.39 is 0 Å². The number of rotatable bonds is 3. The molecule has 0 saturated carbocycles. The Morgan fingerprint density at radius 2 is 2.00 bits per heavy atom. The van der Waals surface area contributed by atoms with E-state index in [0.29, 0.717) is 0 Å². The minimum atomic E-state index is -0.228. The first-order valence-corrected chi connectivity index (χ1v) is 3.99. The Morgan fingerprint density at radius 3 is 2.12 bits per heavy atom. The molecule has 0 spiro atoms. The molecule has 0 fully saturated rings. The van der Waals surface area contributed by atoms with Gasteiger partial charge in [-0.1, -0.05) is 15.9 Å². The van der Waals surface area contributed by atoms with Crippen molar-refractivity contribution in [1.82, 2.24) is 0 Å². The third-order valence-corrected chi connectivity index (χ3v) is 1.50. The van der Waals surface area contributed by atoms with Crippen LogP contribution < -0.4 is 0 Å². The largest absolute Gasteiger partial charge is 0.441 e. The minimum Gasteiger partial charge on any atom is -0.441 e. The van der Waals surface area contributed by atoms with Crippen LogP contribution in [-0.2, 0) is 0 Å². The fourth-order valence-corrected chi connectivity index (χ4v) is 0.789. The molecule has 1 nitrogen and oxygen atoms in total. The highest BCUT2D eigenvalue weighted by Gasteiger charge is 2.15. The molecule has 0 aliphatic heterocycles. The minimum absolute atomic E-state index is 0.228. The van der Waals surface area contributed by atoms with Crippen molar-refractivity contribution < 1.29 is 5.11 Å². The highest BCUT2D eigenvalue weighted by Crippen LogP contribution is 2.10. The number of hydrogen-bond donors (Lipinski definition) is 0. The van der Waals surface area contributed by atoms with Gasteiger partial charge in [-0.15, -0.1) is 0 Å². The summed E-state index contributed by atoms with van der Waals surface area (Å²) in [7, 11) is 0. The number of hydrogen-bond acceptors (Lipinski definition) is 0. The van der Waals surface area contributed by atoms with Gasteiger partial charge in [-0.05, 0) is 6.42 Å². The van der Waals surface area contributed by atoms with Crippen molar-refractivity contribution in [2.45, 2.75) is 32.3 Å². The van der Waals surface area contributed by atoms with Crippen molar-refractivity contribution in [3.05, 3.63) is 0 Å². The molecule has 8 heavy (non-hydrogen) atoms. The second kappa shape index (κ2) is 3.46. The SMILES string of the molecule is CC(C)([OH2+])CCCBr. The molecule has 0 aliphatic rings. The zero-order valence-corrected chi connectivity index (χ0v) is 7.09. The maximum Gasteiger partial charge on any atom is 0.157 e. The molecule has 0 amide bonds. The lowest BCUT2D eigenvalue weighted by Crippen LogP contribution is -2.17. The summed E-state index contributed by atoms with van der Waals surface area (Å²) in [5, 5.41) is 8.44. The second-order valence-electron chi connectivity index (χ2n) is 2.68. The van der Waals surface area contributed by atoms with Gasteiger partial charge in [0.2, 0.25) is 0 Å². The summed E-state index contributed by atoms with van der Waals surface area (Å²) < 4.78 is 0. The normalized spacial score (nSPS) is 12.0. The average Bonchev–Trinajstić information content (AvgIpc) is 1.59. The van der Waals surface area contributed by atoms with Gasteiger partial charge < -0.3 is 5.11 Å². The molecule has 0 atom stereocenters. The zero-order valence-electron chi connectivity index (χ0n) is 5.50. The summed E-state index contributed by atoms with van der Waals surface area (Å²) >= 11 is 3.32. The van der Waals surface area contributed by atoms with Crippen LogP contribution in [0.4, 0.5) is 0 Å². The van der Waals surface area contributed by atoms with E-state index in [-0.39, 0.29) is 5.60 Å². The van der Waals surface area contributed by atoms with Crippen LogP contribution in [0.25, 0.3) is 0 Å². The quantitative estimate of drug-likeness (QED) is 0.468. The molecule has 0 rings (SSSR count). The van der Waals surface area contributed by atoms with E-state index >= 15 is 0 Å². The van der Waals surface area contributed by atoms with Crippen LogP contribution in [0, 0.1) is 0 Å². The Balaban J connectivity index is 3.11. The van der Waals surface area contributed by atoms with Crippen molar-refractivity contribution in [3.63, 3.8) is 0 Å². The van der Waals surface area contributed by atoms with E-state index in [9.17, 15) is 0 Å². The molecule has 0 aromatic rings. The third kappa shape index (κ3) is 6.44. The molecule has 0 unspecified atom stereocenters. The van der Waals surface area contributed by atoms with Gasteiger partial charge in [0.1, 0.15) is 0 Å². The molecule has 0 bridgehead atoms. The third-order valence-electron chi connectivity index (χ3n) is 0.935. The van der Waals surface area contributed by atoms with Gasteiger partial charge in [0.25, 0.3) is 0 Å². The molecule has 0 aromatic carbocycles. The van der Waals surface area contributed by atoms with Gasteiger partial charge in [0, 0.05) is 25.6 Å². The lowest BCUT2D eigenvalue weighted by molar-refractivity contribution is 0.0707. The topological polar surface area (TPSA) is 22.9 Å². The van der Waals surface area contributed by atoms with Crippen LogP contribution in [0.1, 0.15) is 26.7 Å². The molecule has 0 aliphatic carbocycles. The van der Waals surface area contributed by atoms with Crippen LogP contribution in [0.5, 0.6) is 0 Å². The van der Waals surface area contributed by atoms with Crippen LogP contribution in [0.2, 0.25) is 0 Å². The molecule has 0 aromatic heterocycles. The van der Waals surface area contributed by atoms with Gasteiger partial charge >= 0.3 is 0 Å². The smallest absolute Gasteiger partial charge is 0.157 e. The molecule has 2 heteroatoms. The van der Waals surface area contributed by atoms with Gasteiger partial charge in [-0.3, -0.25) is 0 Å². The van der Waals surface area contributed by atoms with Gasteiger partial charge in [-0.2, -0.15) is 0 Å². The van der Waals surface area contributed by atoms with Crippen LogP contribution in [0.15, 0.2) is 0 Å². The van der Waals surface area contributed by atoms with E-state index in [4.69, 9.17) is 5.11 Å². The van der Waals surface area contributed by atoms with Gasteiger partial charge in [0.05, 0.1) is 0 Å². The standard InChI is InChI=1S/C6H13BrO/c1-6(2,8)4-3-5-7/h8H,3-5H2,1-2H3/p+1. The predicted molar refractivity (Wildman–Crippen MR) is 40.7 cm³/mol. The summed E-state index contributed by atoms with van der Waals surface area (Å²) in [6, 6.07) is 0. The Hall–Kier alpha value is 0.440. The highest BCUT2D eigenvalue weighted by atomic mass is 79.9. The van der Waals surface area contributed by atoms with Gasteiger partial charge in [-0.25, -0.2) is 0 Å². The van der Waals surface area contributed by atoms with Crippen molar-refractivity contribution in [3.8, 4) is 0 Å². The van der Waals surface area contributed by atoms with E-state index in [1.165, 1.54) is 0 Å². The highest BCUT2D eigenvalue weighted by molar-refractivity contribution is 9.09. The summed E-state index contributed by atoms with van der Waals surface area (Å²) in [5.74, 6) is 0. The van der Waals surface area contributed by atoms with Crippen LogP contribution in [-0.4, -0.2) is 16.0 Å². The van der Waals surface area contributed by atoms with E-state index in [1.54, 1.807) is 0 Å². The van der Waals surface area contributed by atoms with E-state index in [1.807, 2.05) is 13.8 Å². The molecule has 2 N–H and O–H groups in total. The predicted octanol–water partition coefficient (Wildman–Crippen LogP) is 1.66. The maximum atomic E-state index is 7.41. The zero-order chi connectivity index (χ0) is 6.62. The summed E-state index contributed by atoms with van der Waals surface area (Å²) in [6.45, 7) is 3.88. The summed E-state index contributed by atoms with van der Waals surface area (Å²) in [5.41, 5.74) is -0.228. The Bertz CT molecular complexity index is 56.0. The lowest BCUT2D eigenvalue weighted by atomic mass is 10.0. The molecule has 0 saturated heterocycles. The lowest BCUT2D eigenvalue weighted by Gasteiger charge is -2.10. The summed E-state index contributed by atoms with van der Waals surface area (Å²) in [4.78, 5) is 0. The Morgan fingerprint density at radius 1 is 1.50 bits per heavy atom. The van der Waals surface area contributed by atoms with Crippen molar-refractivity contribution in [2.24, 2.45) is 0 Å². The van der Waals surface area contributed by atoms with Crippen molar-refractivity contribution in [1.29, 1.82) is 0 Å².